The molecule has 5 heteroatoms. The lowest BCUT2D eigenvalue weighted by Crippen LogP contribution is -2.42. The van der Waals surface area contributed by atoms with Crippen LogP contribution in [0, 0.1) is 5.92 Å². The molecule has 0 bridgehead atoms. The molecule has 2 rings (SSSR count). The zero-order valence-electron chi connectivity index (χ0n) is 12.8. The Morgan fingerprint density at radius 1 is 1.48 bits per heavy atom. The summed E-state index contributed by atoms with van der Waals surface area (Å²) in [4.78, 5) is 14.2. The van der Waals surface area contributed by atoms with E-state index in [-0.39, 0.29) is 11.8 Å². The predicted molar refractivity (Wildman–Crippen MR) is 87.8 cm³/mol. The van der Waals surface area contributed by atoms with Crippen molar-refractivity contribution in [1.82, 2.24) is 10.6 Å². The molecule has 21 heavy (non-hydrogen) atoms. The standard InChI is InChI=1S/C16H24ClN3O/c1-3-19-10-13-9-14(17)6-7-15(13)20-8-4-5-12(11-20)16(21)18-2/h6-7,9,12,19H,3-5,8,10-11H2,1-2H3,(H,18,21). The van der Waals surface area contributed by atoms with Gasteiger partial charge in [0.25, 0.3) is 0 Å². The minimum Gasteiger partial charge on any atom is -0.370 e. The highest BCUT2D eigenvalue weighted by Gasteiger charge is 2.26. The van der Waals surface area contributed by atoms with Gasteiger partial charge < -0.3 is 15.5 Å². The van der Waals surface area contributed by atoms with E-state index in [0.29, 0.717) is 0 Å². The number of benzene rings is 1. The number of nitrogens with zero attached hydrogens (tertiary/aromatic N) is 1. The molecule has 1 amide bonds. The summed E-state index contributed by atoms with van der Waals surface area (Å²) in [6, 6.07) is 6.01. The van der Waals surface area contributed by atoms with Gasteiger partial charge in [0.15, 0.2) is 0 Å². The summed E-state index contributed by atoms with van der Waals surface area (Å²) in [6.45, 7) is 5.59. The van der Waals surface area contributed by atoms with E-state index in [4.69, 9.17) is 11.6 Å². The Morgan fingerprint density at radius 2 is 2.29 bits per heavy atom. The van der Waals surface area contributed by atoms with Crippen molar-refractivity contribution in [3.05, 3.63) is 28.8 Å². The van der Waals surface area contributed by atoms with Crippen LogP contribution in [0.15, 0.2) is 18.2 Å². The molecule has 1 unspecified atom stereocenters. The molecule has 4 nitrogen and oxygen atoms in total. The average molecular weight is 310 g/mol. The molecule has 0 aliphatic carbocycles. The van der Waals surface area contributed by atoms with E-state index >= 15 is 0 Å². The summed E-state index contributed by atoms with van der Waals surface area (Å²) < 4.78 is 0. The van der Waals surface area contributed by atoms with Crippen LogP contribution >= 0.6 is 11.6 Å². The van der Waals surface area contributed by atoms with Crippen molar-refractivity contribution in [2.75, 3.05) is 31.6 Å². The van der Waals surface area contributed by atoms with E-state index in [2.05, 4.69) is 28.5 Å². The van der Waals surface area contributed by atoms with Gasteiger partial charge in [0.1, 0.15) is 0 Å². The van der Waals surface area contributed by atoms with Crippen LogP contribution in [-0.4, -0.2) is 32.6 Å². The van der Waals surface area contributed by atoms with E-state index in [1.54, 1.807) is 7.05 Å². The first-order chi connectivity index (χ1) is 10.2. The number of nitrogens with one attached hydrogen (secondary N) is 2. The molecule has 1 heterocycles. The highest BCUT2D eigenvalue weighted by Crippen LogP contribution is 2.28. The smallest absolute Gasteiger partial charge is 0.224 e. The average Bonchev–Trinajstić information content (AvgIpc) is 2.52. The van der Waals surface area contributed by atoms with Crippen LogP contribution in [0.2, 0.25) is 5.02 Å². The number of halogens is 1. The topological polar surface area (TPSA) is 44.4 Å². The molecule has 1 aromatic carbocycles. The zero-order chi connectivity index (χ0) is 15.2. The van der Waals surface area contributed by atoms with Gasteiger partial charge >= 0.3 is 0 Å². The third-order valence-corrected chi connectivity index (χ3v) is 4.22. The molecular formula is C16H24ClN3O. The number of rotatable bonds is 5. The van der Waals surface area contributed by atoms with Crippen LogP contribution in [0.25, 0.3) is 0 Å². The minimum absolute atomic E-state index is 0.0754. The quantitative estimate of drug-likeness (QED) is 0.878. The maximum absolute atomic E-state index is 11.9. The van der Waals surface area contributed by atoms with E-state index in [1.807, 2.05) is 12.1 Å². The Hall–Kier alpha value is -1.26. The van der Waals surface area contributed by atoms with E-state index in [9.17, 15) is 4.79 Å². The van der Waals surface area contributed by atoms with E-state index < -0.39 is 0 Å². The normalized spacial score (nSPS) is 18.6. The zero-order valence-corrected chi connectivity index (χ0v) is 13.5. The highest BCUT2D eigenvalue weighted by atomic mass is 35.5. The summed E-state index contributed by atoms with van der Waals surface area (Å²) >= 11 is 6.13. The van der Waals surface area contributed by atoms with Gasteiger partial charge in [-0.3, -0.25) is 4.79 Å². The number of hydrogen-bond acceptors (Lipinski definition) is 3. The summed E-state index contributed by atoms with van der Waals surface area (Å²) in [6.07, 6.45) is 2.01. The first kappa shape index (κ1) is 16.1. The number of amides is 1. The van der Waals surface area contributed by atoms with Crippen LogP contribution in [0.1, 0.15) is 25.3 Å². The van der Waals surface area contributed by atoms with Gasteiger partial charge in [0.2, 0.25) is 5.91 Å². The second-order valence-electron chi connectivity index (χ2n) is 5.45. The lowest BCUT2D eigenvalue weighted by molar-refractivity contribution is -0.124. The number of carbonyl (C=O) groups excluding carboxylic acids is 1. The van der Waals surface area contributed by atoms with Crippen LogP contribution in [0.4, 0.5) is 5.69 Å². The van der Waals surface area contributed by atoms with Crippen LogP contribution < -0.4 is 15.5 Å². The molecule has 0 saturated carbocycles. The van der Waals surface area contributed by atoms with Crippen molar-refractivity contribution in [2.45, 2.75) is 26.3 Å². The summed E-state index contributed by atoms with van der Waals surface area (Å²) in [7, 11) is 1.71. The molecule has 0 spiro atoms. The first-order valence-electron chi connectivity index (χ1n) is 7.61. The van der Waals surface area contributed by atoms with Crippen LogP contribution in [0.5, 0.6) is 0 Å². The Morgan fingerprint density at radius 3 is 3.00 bits per heavy atom. The van der Waals surface area contributed by atoms with Gasteiger partial charge in [-0.2, -0.15) is 0 Å². The fourth-order valence-corrected chi connectivity index (χ4v) is 3.07. The molecule has 1 aromatic rings. The molecule has 1 saturated heterocycles. The third-order valence-electron chi connectivity index (χ3n) is 3.99. The number of piperidine rings is 1. The van der Waals surface area contributed by atoms with Gasteiger partial charge in [-0.05, 0) is 43.1 Å². The van der Waals surface area contributed by atoms with Gasteiger partial charge in [-0.15, -0.1) is 0 Å². The predicted octanol–water partition coefficient (Wildman–Crippen LogP) is 2.41. The van der Waals surface area contributed by atoms with Gasteiger partial charge in [0.05, 0.1) is 5.92 Å². The molecule has 1 atom stereocenters. The molecule has 1 aliphatic heterocycles. The third kappa shape index (κ3) is 4.11. The van der Waals surface area contributed by atoms with Crippen LogP contribution in [-0.2, 0) is 11.3 Å². The van der Waals surface area contributed by atoms with Crippen molar-refractivity contribution >= 4 is 23.2 Å². The Balaban J connectivity index is 2.18. The Kier molecular flexibility index (Phi) is 5.88. The molecule has 1 aliphatic rings. The fourth-order valence-electron chi connectivity index (χ4n) is 2.88. The molecule has 0 radical (unpaired) electrons. The highest BCUT2D eigenvalue weighted by molar-refractivity contribution is 6.30. The van der Waals surface area contributed by atoms with Crippen LogP contribution in [0.3, 0.4) is 0 Å². The first-order valence-corrected chi connectivity index (χ1v) is 7.99. The minimum atomic E-state index is 0.0754. The van der Waals surface area contributed by atoms with Gasteiger partial charge in [-0.25, -0.2) is 0 Å². The van der Waals surface area contributed by atoms with Gasteiger partial charge in [0, 0.05) is 37.4 Å². The van der Waals surface area contributed by atoms with Crippen molar-refractivity contribution in [2.24, 2.45) is 5.92 Å². The lowest BCUT2D eigenvalue weighted by Gasteiger charge is -2.35. The van der Waals surface area contributed by atoms with Crippen molar-refractivity contribution in [3.63, 3.8) is 0 Å². The maximum atomic E-state index is 11.9. The van der Waals surface area contributed by atoms with Crippen molar-refractivity contribution < 1.29 is 4.79 Å². The number of hydrogen-bond donors (Lipinski definition) is 2. The van der Waals surface area contributed by atoms with Gasteiger partial charge in [-0.1, -0.05) is 18.5 Å². The SMILES string of the molecule is CCNCc1cc(Cl)ccc1N1CCCC(C(=O)NC)C1. The molecule has 116 valence electrons. The van der Waals surface area contributed by atoms with Crippen molar-refractivity contribution in [3.8, 4) is 0 Å². The fraction of sp³-hybridized carbons (Fsp3) is 0.562. The molecule has 0 aromatic heterocycles. The number of anilines is 1. The largest absolute Gasteiger partial charge is 0.370 e. The second-order valence-corrected chi connectivity index (χ2v) is 5.89. The monoisotopic (exact) mass is 309 g/mol. The van der Waals surface area contributed by atoms with E-state index in [1.165, 1.54) is 11.3 Å². The Bertz CT molecular complexity index is 492. The molecule has 1 fully saturated rings. The molecule has 2 N–H and O–H groups in total. The second kappa shape index (κ2) is 7.66. The summed E-state index contributed by atoms with van der Waals surface area (Å²) in [5.41, 5.74) is 2.39. The summed E-state index contributed by atoms with van der Waals surface area (Å²) in [5.74, 6) is 0.216. The van der Waals surface area contributed by atoms with E-state index in [0.717, 1.165) is 44.0 Å². The number of carbonyl (C=O) groups is 1. The Labute approximate surface area is 131 Å². The lowest BCUT2D eigenvalue weighted by atomic mass is 9.96. The summed E-state index contributed by atoms with van der Waals surface area (Å²) in [5, 5.41) is 6.87. The van der Waals surface area contributed by atoms with Crippen molar-refractivity contribution in [1.29, 1.82) is 0 Å². The maximum Gasteiger partial charge on any atom is 0.224 e. The molecular weight excluding hydrogens is 286 g/mol.